The SMILES string of the molecule is CCC(O)CCNC(=O)C(C)n1cccc1. The predicted octanol–water partition coefficient (Wildman–Crippen LogP) is 1.33. The molecule has 0 bridgehead atoms. The molecule has 2 unspecified atom stereocenters. The number of nitrogens with one attached hydrogen (secondary N) is 1. The van der Waals surface area contributed by atoms with E-state index >= 15 is 0 Å². The Kier molecular flexibility index (Phi) is 5.05. The van der Waals surface area contributed by atoms with E-state index in [1.54, 1.807) is 0 Å². The molecule has 0 saturated heterocycles. The second kappa shape index (κ2) is 6.33. The summed E-state index contributed by atoms with van der Waals surface area (Å²) in [6.07, 6.45) is 4.75. The van der Waals surface area contributed by atoms with E-state index in [4.69, 9.17) is 0 Å². The summed E-state index contributed by atoms with van der Waals surface area (Å²) in [5.74, 6) is -0.0143. The molecule has 0 radical (unpaired) electrons. The number of aliphatic hydroxyl groups excluding tert-OH is 1. The molecular formula is C12H20N2O2. The smallest absolute Gasteiger partial charge is 0.242 e. The monoisotopic (exact) mass is 224 g/mol. The summed E-state index contributed by atoms with van der Waals surface area (Å²) in [6, 6.07) is 3.59. The first-order valence-electron chi connectivity index (χ1n) is 5.73. The van der Waals surface area contributed by atoms with Crippen LogP contribution in [0.3, 0.4) is 0 Å². The molecule has 1 amide bonds. The summed E-state index contributed by atoms with van der Waals surface area (Å²) in [4.78, 5) is 11.7. The molecule has 1 aromatic rings. The maximum absolute atomic E-state index is 11.7. The molecule has 2 atom stereocenters. The van der Waals surface area contributed by atoms with E-state index in [0.29, 0.717) is 13.0 Å². The van der Waals surface area contributed by atoms with Gasteiger partial charge in [0.1, 0.15) is 6.04 Å². The maximum atomic E-state index is 11.7. The van der Waals surface area contributed by atoms with Crippen LogP contribution in [0.1, 0.15) is 32.7 Å². The average Bonchev–Trinajstić information content (AvgIpc) is 2.81. The molecule has 1 rings (SSSR count). The highest BCUT2D eigenvalue weighted by Gasteiger charge is 2.13. The molecule has 0 aromatic carbocycles. The second-order valence-corrected chi connectivity index (χ2v) is 3.95. The van der Waals surface area contributed by atoms with Gasteiger partial charge in [0, 0.05) is 18.9 Å². The Morgan fingerprint density at radius 3 is 2.62 bits per heavy atom. The molecular weight excluding hydrogens is 204 g/mol. The minimum Gasteiger partial charge on any atom is -0.393 e. The fraction of sp³-hybridized carbons (Fsp3) is 0.583. The number of aromatic nitrogens is 1. The number of carbonyl (C=O) groups is 1. The van der Waals surface area contributed by atoms with Crippen molar-refractivity contribution in [2.45, 2.75) is 38.8 Å². The third kappa shape index (κ3) is 3.70. The normalized spacial score (nSPS) is 14.4. The molecule has 1 heterocycles. The van der Waals surface area contributed by atoms with Crippen LogP contribution < -0.4 is 5.32 Å². The summed E-state index contributed by atoms with van der Waals surface area (Å²) < 4.78 is 1.85. The van der Waals surface area contributed by atoms with Crippen molar-refractivity contribution in [3.63, 3.8) is 0 Å². The molecule has 0 saturated carbocycles. The van der Waals surface area contributed by atoms with Crippen molar-refractivity contribution in [2.24, 2.45) is 0 Å². The third-order valence-electron chi connectivity index (χ3n) is 2.70. The van der Waals surface area contributed by atoms with Gasteiger partial charge in [-0.2, -0.15) is 0 Å². The summed E-state index contributed by atoms with van der Waals surface area (Å²) in [6.45, 7) is 4.31. The largest absolute Gasteiger partial charge is 0.393 e. The van der Waals surface area contributed by atoms with Crippen LogP contribution in [0.5, 0.6) is 0 Å². The Balaban J connectivity index is 2.30. The van der Waals surface area contributed by atoms with Crippen molar-refractivity contribution >= 4 is 5.91 Å². The molecule has 4 heteroatoms. The lowest BCUT2D eigenvalue weighted by Gasteiger charge is -2.14. The summed E-state index contributed by atoms with van der Waals surface area (Å²) in [5.41, 5.74) is 0. The van der Waals surface area contributed by atoms with Crippen LogP contribution in [-0.4, -0.2) is 28.2 Å². The van der Waals surface area contributed by atoms with Gasteiger partial charge in [-0.3, -0.25) is 4.79 Å². The molecule has 0 aliphatic rings. The average molecular weight is 224 g/mol. The quantitative estimate of drug-likeness (QED) is 0.766. The predicted molar refractivity (Wildman–Crippen MR) is 63.1 cm³/mol. The Labute approximate surface area is 96.3 Å². The number of hydrogen-bond acceptors (Lipinski definition) is 2. The van der Waals surface area contributed by atoms with Crippen LogP contribution in [0.2, 0.25) is 0 Å². The van der Waals surface area contributed by atoms with Gasteiger partial charge in [-0.15, -0.1) is 0 Å². The van der Waals surface area contributed by atoms with Crippen molar-refractivity contribution in [1.29, 1.82) is 0 Å². The van der Waals surface area contributed by atoms with Crippen molar-refractivity contribution in [3.05, 3.63) is 24.5 Å². The third-order valence-corrected chi connectivity index (χ3v) is 2.70. The Hall–Kier alpha value is -1.29. The molecule has 0 spiro atoms. The van der Waals surface area contributed by atoms with Gasteiger partial charge in [-0.1, -0.05) is 6.92 Å². The first kappa shape index (κ1) is 12.8. The van der Waals surface area contributed by atoms with Crippen LogP contribution in [-0.2, 0) is 4.79 Å². The fourth-order valence-corrected chi connectivity index (χ4v) is 1.46. The van der Waals surface area contributed by atoms with E-state index in [-0.39, 0.29) is 18.1 Å². The highest BCUT2D eigenvalue weighted by atomic mass is 16.3. The van der Waals surface area contributed by atoms with Gasteiger partial charge in [0.2, 0.25) is 5.91 Å². The molecule has 1 aromatic heterocycles. The number of carbonyl (C=O) groups excluding carboxylic acids is 1. The van der Waals surface area contributed by atoms with E-state index < -0.39 is 0 Å². The lowest BCUT2D eigenvalue weighted by Crippen LogP contribution is -2.32. The zero-order valence-corrected chi connectivity index (χ0v) is 9.89. The Bertz CT molecular complexity index is 309. The Morgan fingerprint density at radius 1 is 1.44 bits per heavy atom. The second-order valence-electron chi connectivity index (χ2n) is 3.95. The maximum Gasteiger partial charge on any atom is 0.242 e. The fourth-order valence-electron chi connectivity index (χ4n) is 1.46. The van der Waals surface area contributed by atoms with Crippen LogP contribution in [0.15, 0.2) is 24.5 Å². The zero-order chi connectivity index (χ0) is 12.0. The molecule has 0 aliphatic carbocycles. The molecule has 0 fully saturated rings. The van der Waals surface area contributed by atoms with Gasteiger partial charge in [0.15, 0.2) is 0 Å². The molecule has 16 heavy (non-hydrogen) atoms. The van der Waals surface area contributed by atoms with Gasteiger partial charge >= 0.3 is 0 Å². The van der Waals surface area contributed by atoms with Crippen molar-refractivity contribution < 1.29 is 9.90 Å². The molecule has 2 N–H and O–H groups in total. The lowest BCUT2D eigenvalue weighted by atomic mass is 10.2. The van der Waals surface area contributed by atoms with Gasteiger partial charge < -0.3 is 15.0 Å². The molecule has 90 valence electrons. The van der Waals surface area contributed by atoms with Gasteiger partial charge in [-0.25, -0.2) is 0 Å². The van der Waals surface area contributed by atoms with Gasteiger partial charge in [-0.05, 0) is 31.9 Å². The Morgan fingerprint density at radius 2 is 2.06 bits per heavy atom. The minimum absolute atomic E-state index is 0.0143. The standard InChI is InChI=1S/C12H20N2O2/c1-3-11(15)6-7-13-12(16)10(2)14-8-4-5-9-14/h4-5,8-11,15H,3,6-7H2,1-2H3,(H,13,16). The lowest BCUT2D eigenvalue weighted by molar-refractivity contribution is -0.123. The van der Waals surface area contributed by atoms with Crippen molar-refractivity contribution in [2.75, 3.05) is 6.54 Å². The topological polar surface area (TPSA) is 54.3 Å². The van der Waals surface area contributed by atoms with Crippen LogP contribution in [0.4, 0.5) is 0 Å². The van der Waals surface area contributed by atoms with E-state index in [9.17, 15) is 9.90 Å². The summed E-state index contributed by atoms with van der Waals surface area (Å²) >= 11 is 0. The first-order chi connectivity index (χ1) is 7.65. The van der Waals surface area contributed by atoms with E-state index in [1.165, 1.54) is 0 Å². The molecule has 0 aliphatic heterocycles. The van der Waals surface area contributed by atoms with Crippen LogP contribution in [0, 0.1) is 0 Å². The number of aliphatic hydroxyl groups is 1. The van der Waals surface area contributed by atoms with E-state index in [0.717, 1.165) is 6.42 Å². The highest BCUT2D eigenvalue weighted by Crippen LogP contribution is 2.05. The number of rotatable bonds is 6. The van der Waals surface area contributed by atoms with Crippen molar-refractivity contribution in [3.8, 4) is 0 Å². The van der Waals surface area contributed by atoms with E-state index in [1.807, 2.05) is 42.9 Å². The minimum atomic E-state index is -0.317. The van der Waals surface area contributed by atoms with Crippen LogP contribution in [0.25, 0.3) is 0 Å². The highest BCUT2D eigenvalue weighted by molar-refractivity contribution is 5.79. The van der Waals surface area contributed by atoms with E-state index in [2.05, 4.69) is 5.32 Å². The van der Waals surface area contributed by atoms with Gasteiger partial charge in [0.25, 0.3) is 0 Å². The summed E-state index contributed by atoms with van der Waals surface area (Å²) in [7, 11) is 0. The summed E-state index contributed by atoms with van der Waals surface area (Å²) in [5, 5.41) is 12.2. The first-order valence-corrected chi connectivity index (χ1v) is 5.73. The number of hydrogen-bond donors (Lipinski definition) is 2. The number of nitrogens with zero attached hydrogens (tertiary/aromatic N) is 1. The van der Waals surface area contributed by atoms with Crippen molar-refractivity contribution in [1.82, 2.24) is 9.88 Å². The molecule has 4 nitrogen and oxygen atoms in total. The number of amides is 1. The zero-order valence-electron chi connectivity index (χ0n) is 9.89. The van der Waals surface area contributed by atoms with Gasteiger partial charge in [0.05, 0.1) is 6.10 Å². The van der Waals surface area contributed by atoms with Crippen LogP contribution >= 0.6 is 0 Å².